The summed E-state index contributed by atoms with van der Waals surface area (Å²) < 4.78 is 1.36. The molecule has 1 aliphatic heterocycles. The molecule has 5 nitrogen and oxygen atoms in total. The molecule has 2 rings (SSSR count). The van der Waals surface area contributed by atoms with Crippen LogP contribution in [0, 0.1) is 5.92 Å². The van der Waals surface area contributed by atoms with Crippen LogP contribution in [0.2, 0.25) is 0 Å². The van der Waals surface area contributed by atoms with Crippen molar-refractivity contribution in [2.24, 2.45) is 11.0 Å². The first kappa shape index (κ1) is 7.72. The zero-order valence-corrected chi connectivity index (χ0v) is 6.54. The number of carbonyl (C=O) groups is 2. The number of aromatic nitrogens is 1. The summed E-state index contributed by atoms with van der Waals surface area (Å²) >= 11 is 0. The summed E-state index contributed by atoms with van der Waals surface area (Å²) in [6, 6.07) is 3.20. The van der Waals surface area contributed by atoms with Gasteiger partial charge in [-0.25, -0.2) is 4.68 Å². The van der Waals surface area contributed by atoms with Crippen LogP contribution < -0.4 is 0 Å². The Morgan fingerprint density at radius 3 is 3.08 bits per heavy atom. The molecule has 2 heterocycles. The highest BCUT2D eigenvalue weighted by Gasteiger charge is 2.30. The predicted molar refractivity (Wildman–Crippen MR) is 43.8 cm³/mol. The lowest BCUT2D eigenvalue weighted by Gasteiger charge is -2.11. The van der Waals surface area contributed by atoms with Crippen molar-refractivity contribution in [1.82, 2.24) is 4.68 Å². The minimum atomic E-state index is -1.17. The van der Waals surface area contributed by atoms with E-state index in [4.69, 9.17) is 5.11 Å². The third-order valence-electron chi connectivity index (χ3n) is 1.87. The van der Waals surface area contributed by atoms with Gasteiger partial charge in [0.15, 0.2) is 5.92 Å². The summed E-state index contributed by atoms with van der Waals surface area (Å²) in [5.41, 5.74) is 0.315. The zero-order valence-electron chi connectivity index (χ0n) is 6.54. The van der Waals surface area contributed by atoms with Crippen molar-refractivity contribution in [3.05, 3.63) is 24.0 Å². The van der Waals surface area contributed by atoms with Crippen LogP contribution >= 0.6 is 0 Å². The first-order valence-electron chi connectivity index (χ1n) is 3.69. The molecular weight excluding hydrogens is 172 g/mol. The first-order valence-corrected chi connectivity index (χ1v) is 3.69. The fraction of sp³-hybridized carbons (Fsp3) is 0.125. The largest absolute Gasteiger partial charge is 0.480 e. The highest BCUT2D eigenvalue weighted by molar-refractivity contribution is 6.18. The van der Waals surface area contributed by atoms with Gasteiger partial charge >= 0.3 is 5.97 Å². The number of carboxylic acid groups (broad SMARTS) is 1. The van der Waals surface area contributed by atoms with E-state index in [1.165, 1.54) is 4.68 Å². The van der Waals surface area contributed by atoms with E-state index in [-0.39, 0.29) is 0 Å². The second-order valence-corrected chi connectivity index (χ2v) is 2.68. The van der Waals surface area contributed by atoms with Gasteiger partial charge in [0, 0.05) is 12.4 Å². The Kier molecular flexibility index (Phi) is 1.51. The third kappa shape index (κ3) is 1.05. The second-order valence-electron chi connectivity index (χ2n) is 2.68. The maximum atomic E-state index is 11.4. The van der Waals surface area contributed by atoms with E-state index in [1.807, 2.05) is 0 Å². The number of carboxylic acids is 1. The van der Waals surface area contributed by atoms with Gasteiger partial charge in [-0.15, -0.1) is 0 Å². The second kappa shape index (κ2) is 2.55. The summed E-state index contributed by atoms with van der Waals surface area (Å²) in [5.74, 6) is -2.73. The van der Waals surface area contributed by atoms with Crippen LogP contribution in [0.5, 0.6) is 0 Å². The van der Waals surface area contributed by atoms with Crippen LogP contribution in [0.15, 0.2) is 23.4 Å². The summed E-state index contributed by atoms with van der Waals surface area (Å²) in [6.07, 6.45) is 2.74. The predicted octanol–water partition coefficient (Wildman–Crippen LogP) is 0.219. The number of Topliss-reactive ketones (excluding diaryl/α,β-unsaturated/α-hetero) is 1. The van der Waals surface area contributed by atoms with E-state index in [0.29, 0.717) is 5.69 Å². The summed E-state index contributed by atoms with van der Waals surface area (Å²) in [5, 5.41) is 12.4. The Hall–Kier alpha value is -1.91. The van der Waals surface area contributed by atoms with Crippen molar-refractivity contribution in [3.8, 4) is 0 Å². The molecule has 1 aromatic heterocycles. The lowest BCUT2D eigenvalue weighted by atomic mass is 10.0. The van der Waals surface area contributed by atoms with Crippen LogP contribution in [-0.4, -0.2) is 27.7 Å². The molecule has 0 spiro atoms. The molecular formula is C8H6N2O3. The molecule has 5 heteroatoms. The van der Waals surface area contributed by atoms with Crippen LogP contribution in [0.4, 0.5) is 0 Å². The van der Waals surface area contributed by atoms with Crippen LogP contribution in [0.25, 0.3) is 0 Å². The average Bonchev–Trinajstić information content (AvgIpc) is 2.52. The number of ketones is 1. The molecule has 0 radical (unpaired) electrons. The fourth-order valence-corrected chi connectivity index (χ4v) is 1.21. The number of hydrogen-bond acceptors (Lipinski definition) is 3. The quantitative estimate of drug-likeness (QED) is 0.625. The average molecular weight is 178 g/mol. The molecule has 1 aliphatic rings. The molecule has 66 valence electrons. The van der Waals surface area contributed by atoms with Gasteiger partial charge in [-0.2, -0.15) is 5.10 Å². The van der Waals surface area contributed by atoms with Gasteiger partial charge in [-0.05, 0) is 12.1 Å². The molecule has 13 heavy (non-hydrogen) atoms. The molecule has 0 bridgehead atoms. The van der Waals surface area contributed by atoms with Crippen molar-refractivity contribution in [1.29, 1.82) is 0 Å². The van der Waals surface area contributed by atoms with E-state index < -0.39 is 17.7 Å². The van der Waals surface area contributed by atoms with Crippen molar-refractivity contribution in [3.63, 3.8) is 0 Å². The lowest BCUT2D eigenvalue weighted by Crippen LogP contribution is -2.30. The number of carbonyl (C=O) groups excluding carboxylic acids is 1. The highest BCUT2D eigenvalue weighted by atomic mass is 16.4. The molecule has 0 amide bonds. The van der Waals surface area contributed by atoms with E-state index >= 15 is 0 Å². The Labute approximate surface area is 73.3 Å². The van der Waals surface area contributed by atoms with Gasteiger partial charge in [-0.1, -0.05) is 0 Å². The van der Waals surface area contributed by atoms with Gasteiger partial charge in [0.25, 0.3) is 0 Å². The van der Waals surface area contributed by atoms with E-state index in [1.54, 1.807) is 18.3 Å². The maximum absolute atomic E-state index is 11.4. The zero-order chi connectivity index (χ0) is 9.42. The molecule has 0 saturated carbocycles. The monoisotopic (exact) mass is 178 g/mol. The number of hydrogen-bond donors (Lipinski definition) is 1. The minimum Gasteiger partial charge on any atom is -0.480 e. The Bertz CT molecular complexity index is 405. The van der Waals surface area contributed by atoms with Crippen LogP contribution in [0.1, 0.15) is 10.5 Å². The molecule has 0 aromatic carbocycles. The lowest BCUT2D eigenvalue weighted by molar-refractivity contribution is -0.137. The maximum Gasteiger partial charge on any atom is 0.320 e. The van der Waals surface area contributed by atoms with Crippen molar-refractivity contribution in [2.75, 3.05) is 0 Å². The topological polar surface area (TPSA) is 71.7 Å². The SMILES string of the molecule is O=C(O)C1C=Nn2cccc2C1=O. The number of rotatable bonds is 1. The van der Waals surface area contributed by atoms with E-state index in [2.05, 4.69) is 5.10 Å². The number of aliphatic carboxylic acids is 1. The molecule has 0 aliphatic carbocycles. The molecule has 0 saturated heterocycles. The van der Waals surface area contributed by atoms with Crippen molar-refractivity contribution >= 4 is 18.0 Å². The first-order chi connectivity index (χ1) is 6.20. The van der Waals surface area contributed by atoms with Gasteiger partial charge in [-0.3, -0.25) is 9.59 Å². The third-order valence-corrected chi connectivity index (χ3v) is 1.87. The minimum absolute atomic E-state index is 0.315. The summed E-state index contributed by atoms with van der Waals surface area (Å²) in [4.78, 5) is 22.0. The fourth-order valence-electron chi connectivity index (χ4n) is 1.21. The standard InChI is InChI=1S/C8H6N2O3/c11-7-5(8(12)13)4-9-10-3-1-2-6(7)10/h1-5H,(H,12,13). The Morgan fingerprint density at radius 1 is 1.62 bits per heavy atom. The Morgan fingerprint density at radius 2 is 2.38 bits per heavy atom. The summed E-state index contributed by atoms with van der Waals surface area (Å²) in [6.45, 7) is 0. The van der Waals surface area contributed by atoms with Gasteiger partial charge in [0.05, 0.1) is 0 Å². The molecule has 1 N–H and O–H groups in total. The van der Waals surface area contributed by atoms with E-state index in [9.17, 15) is 9.59 Å². The molecule has 1 unspecified atom stereocenters. The van der Waals surface area contributed by atoms with Crippen molar-refractivity contribution < 1.29 is 14.7 Å². The molecule has 0 fully saturated rings. The van der Waals surface area contributed by atoms with Gasteiger partial charge < -0.3 is 5.11 Å². The van der Waals surface area contributed by atoms with Gasteiger partial charge in [0.2, 0.25) is 5.78 Å². The van der Waals surface area contributed by atoms with Crippen LogP contribution in [0.3, 0.4) is 0 Å². The van der Waals surface area contributed by atoms with Crippen LogP contribution in [-0.2, 0) is 4.79 Å². The number of nitrogens with zero attached hydrogens (tertiary/aromatic N) is 2. The van der Waals surface area contributed by atoms with Gasteiger partial charge in [0.1, 0.15) is 5.69 Å². The number of fused-ring (bicyclic) bond motifs is 1. The highest BCUT2D eigenvalue weighted by Crippen LogP contribution is 2.13. The van der Waals surface area contributed by atoms with Crippen molar-refractivity contribution in [2.45, 2.75) is 0 Å². The Balaban J connectivity index is 2.47. The molecule has 1 atom stereocenters. The summed E-state index contributed by atoms with van der Waals surface area (Å²) in [7, 11) is 0. The van der Waals surface area contributed by atoms with E-state index in [0.717, 1.165) is 6.21 Å². The smallest absolute Gasteiger partial charge is 0.320 e. The normalized spacial score (nSPS) is 20.0. The molecule has 1 aromatic rings.